The van der Waals surface area contributed by atoms with Gasteiger partial charge in [0.15, 0.2) is 6.10 Å². The van der Waals surface area contributed by atoms with Gasteiger partial charge in [0, 0.05) is 6.42 Å². The Kier molecular flexibility index (Phi) is 22.3. The topological polar surface area (TPSA) is 66.8 Å². The van der Waals surface area contributed by atoms with Crippen LogP contribution in [0.4, 0.5) is 0 Å². The number of carboxylic acids is 1. The summed E-state index contributed by atoms with van der Waals surface area (Å²) in [5.74, 6) is -1.42. The average molecular weight is 456 g/mol. The van der Waals surface area contributed by atoms with Crippen LogP contribution < -0.4 is 0 Å². The Balaban J connectivity index is 3.47. The van der Waals surface area contributed by atoms with Crippen LogP contribution in [0.3, 0.4) is 0 Å². The average Bonchev–Trinajstić information content (AvgIpc) is 2.74. The Morgan fingerprint density at radius 1 is 0.688 bits per heavy atom. The van der Waals surface area contributed by atoms with Gasteiger partial charge < -0.3 is 14.7 Å². The van der Waals surface area contributed by atoms with Crippen molar-refractivity contribution in [2.45, 2.75) is 141 Å². The highest BCUT2D eigenvalue weighted by Crippen LogP contribution is 2.15. The summed E-state index contributed by atoms with van der Waals surface area (Å²) >= 11 is 0. The number of carbonyl (C=O) groups excluding carboxylic acids is 1. The van der Waals surface area contributed by atoms with E-state index in [1.165, 1.54) is 89.9 Å². The summed E-state index contributed by atoms with van der Waals surface area (Å²) in [6.45, 7) is 3.07. The van der Waals surface area contributed by atoms with Gasteiger partial charge in [-0.1, -0.05) is 110 Å². The van der Waals surface area contributed by atoms with Crippen LogP contribution >= 0.6 is 0 Å². The molecule has 0 saturated heterocycles. The van der Waals surface area contributed by atoms with Crippen molar-refractivity contribution in [3.63, 3.8) is 0 Å². The van der Waals surface area contributed by atoms with Gasteiger partial charge in [0.25, 0.3) is 0 Å². The van der Waals surface area contributed by atoms with Crippen molar-refractivity contribution < 1.29 is 19.4 Å². The second kappa shape index (κ2) is 23.1. The molecule has 0 aromatic carbocycles. The minimum absolute atomic E-state index is 0.279. The lowest BCUT2D eigenvalue weighted by Gasteiger charge is -2.14. The molecule has 0 saturated carbocycles. The lowest BCUT2D eigenvalue weighted by atomic mass is 10.0. The molecule has 0 spiro atoms. The van der Waals surface area contributed by atoms with E-state index in [0.29, 0.717) is 12.8 Å². The van der Waals surface area contributed by atoms with E-state index in [2.05, 4.69) is 6.92 Å². The number of ether oxygens (including phenoxy) is 1. The molecule has 5 heteroatoms. The first-order chi connectivity index (χ1) is 15.5. The molecule has 1 N–H and O–H groups in total. The molecule has 0 aliphatic heterocycles. The van der Waals surface area contributed by atoms with Gasteiger partial charge in [-0.05, 0) is 39.9 Å². The number of hydrogen-bond acceptors (Lipinski definition) is 4. The van der Waals surface area contributed by atoms with Gasteiger partial charge in [0.1, 0.15) is 0 Å². The standard InChI is InChI=1S/C27H53NO4/c1-4-5-6-7-8-9-10-11-12-13-14-15-16-17-18-19-20-22-25(27(30)31)32-26(29)23-21-24-28(2)3/h25H,4-24H2,1-3H3,(H,30,31). The third-order valence-corrected chi connectivity index (χ3v) is 6.11. The molecule has 0 aromatic rings. The van der Waals surface area contributed by atoms with Crippen LogP contribution in [0.1, 0.15) is 135 Å². The fourth-order valence-electron chi connectivity index (χ4n) is 4.04. The maximum absolute atomic E-state index is 11.8. The molecule has 0 radical (unpaired) electrons. The number of aliphatic carboxylic acids is 1. The van der Waals surface area contributed by atoms with Crippen LogP contribution in [-0.4, -0.2) is 48.7 Å². The summed E-state index contributed by atoms with van der Waals surface area (Å²) in [5.41, 5.74) is 0. The van der Waals surface area contributed by atoms with Crippen LogP contribution in [0.2, 0.25) is 0 Å². The molecule has 1 atom stereocenters. The Morgan fingerprint density at radius 2 is 1.09 bits per heavy atom. The highest BCUT2D eigenvalue weighted by molar-refractivity contribution is 5.77. The second-order valence-electron chi connectivity index (χ2n) is 9.67. The zero-order chi connectivity index (χ0) is 23.9. The molecule has 0 heterocycles. The molecule has 0 rings (SSSR count). The van der Waals surface area contributed by atoms with Crippen LogP contribution in [0, 0.1) is 0 Å². The number of nitrogens with zero attached hydrogens (tertiary/aromatic N) is 1. The summed E-state index contributed by atoms with van der Waals surface area (Å²) in [6, 6.07) is 0. The highest BCUT2D eigenvalue weighted by Gasteiger charge is 2.21. The molecule has 0 amide bonds. The fraction of sp³-hybridized carbons (Fsp3) is 0.926. The number of carboxylic acid groups (broad SMARTS) is 1. The molecule has 0 aliphatic carbocycles. The Morgan fingerprint density at radius 3 is 1.47 bits per heavy atom. The van der Waals surface area contributed by atoms with E-state index in [-0.39, 0.29) is 6.42 Å². The number of esters is 1. The van der Waals surface area contributed by atoms with Gasteiger partial charge >= 0.3 is 11.9 Å². The molecule has 0 fully saturated rings. The lowest BCUT2D eigenvalue weighted by Crippen LogP contribution is -2.27. The minimum Gasteiger partial charge on any atom is -0.479 e. The number of carbonyl (C=O) groups is 2. The summed E-state index contributed by atoms with van der Waals surface area (Å²) in [7, 11) is 3.90. The maximum atomic E-state index is 11.8. The van der Waals surface area contributed by atoms with E-state index in [0.717, 1.165) is 25.8 Å². The molecular formula is C27H53NO4. The lowest BCUT2D eigenvalue weighted by molar-refractivity contribution is -0.164. The van der Waals surface area contributed by atoms with Crippen LogP contribution in [0.25, 0.3) is 0 Å². The zero-order valence-corrected chi connectivity index (χ0v) is 21.5. The van der Waals surface area contributed by atoms with E-state index in [1.807, 2.05) is 19.0 Å². The number of hydrogen-bond donors (Lipinski definition) is 1. The van der Waals surface area contributed by atoms with E-state index < -0.39 is 18.0 Å². The van der Waals surface area contributed by atoms with E-state index in [9.17, 15) is 14.7 Å². The predicted octanol–water partition coefficient (Wildman–Crippen LogP) is 7.37. The third kappa shape index (κ3) is 22.1. The summed E-state index contributed by atoms with van der Waals surface area (Å²) in [6.07, 6.45) is 22.5. The first-order valence-corrected chi connectivity index (χ1v) is 13.5. The third-order valence-electron chi connectivity index (χ3n) is 6.11. The van der Waals surface area contributed by atoms with Gasteiger partial charge in [0.2, 0.25) is 0 Å². The summed E-state index contributed by atoms with van der Waals surface area (Å²) in [5, 5.41) is 9.29. The summed E-state index contributed by atoms with van der Waals surface area (Å²) < 4.78 is 5.17. The van der Waals surface area contributed by atoms with Crippen molar-refractivity contribution >= 4 is 11.9 Å². The van der Waals surface area contributed by atoms with Crippen LogP contribution in [0.15, 0.2) is 0 Å². The number of unbranched alkanes of at least 4 members (excludes halogenated alkanes) is 16. The Labute approximate surface area is 198 Å². The smallest absolute Gasteiger partial charge is 0.345 e. The fourth-order valence-corrected chi connectivity index (χ4v) is 4.04. The zero-order valence-electron chi connectivity index (χ0n) is 21.5. The van der Waals surface area contributed by atoms with Crippen molar-refractivity contribution in [1.82, 2.24) is 4.90 Å². The van der Waals surface area contributed by atoms with Gasteiger partial charge in [-0.2, -0.15) is 0 Å². The molecule has 0 aliphatic rings. The first kappa shape index (κ1) is 30.9. The first-order valence-electron chi connectivity index (χ1n) is 13.5. The molecule has 0 bridgehead atoms. The van der Waals surface area contributed by atoms with E-state index in [4.69, 9.17) is 4.74 Å². The Bertz CT molecular complexity index is 439. The molecule has 32 heavy (non-hydrogen) atoms. The van der Waals surface area contributed by atoms with Gasteiger partial charge in [-0.3, -0.25) is 4.79 Å². The van der Waals surface area contributed by atoms with Crippen LogP contribution in [-0.2, 0) is 14.3 Å². The Hall–Kier alpha value is -1.10. The van der Waals surface area contributed by atoms with Gasteiger partial charge in [-0.15, -0.1) is 0 Å². The molecule has 190 valence electrons. The van der Waals surface area contributed by atoms with Crippen molar-refractivity contribution in [1.29, 1.82) is 0 Å². The normalized spacial score (nSPS) is 12.2. The molecule has 0 aromatic heterocycles. The van der Waals surface area contributed by atoms with Gasteiger partial charge in [0.05, 0.1) is 0 Å². The van der Waals surface area contributed by atoms with Crippen molar-refractivity contribution in [2.24, 2.45) is 0 Å². The van der Waals surface area contributed by atoms with Crippen molar-refractivity contribution in [3.05, 3.63) is 0 Å². The van der Waals surface area contributed by atoms with Crippen molar-refractivity contribution in [2.75, 3.05) is 20.6 Å². The minimum atomic E-state index is -1.03. The monoisotopic (exact) mass is 455 g/mol. The number of rotatable bonds is 24. The second-order valence-corrected chi connectivity index (χ2v) is 9.67. The maximum Gasteiger partial charge on any atom is 0.345 e. The van der Waals surface area contributed by atoms with Crippen molar-refractivity contribution in [3.8, 4) is 0 Å². The largest absolute Gasteiger partial charge is 0.479 e. The molecule has 1 unspecified atom stereocenters. The summed E-state index contributed by atoms with van der Waals surface area (Å²) in [4.78, 5) is 25.2. The molecule has 5 nitrogen and oxygen atoms in total. The SMILES string of the molecule is CCCCCCCCCCCCCCCCCCCC(OC(=O)CCCN(C)C)C(=O)O. The highest BCUT2D eigenvalue weighted by atomic mass is 16.6. The predicted molar refractivity (Wildman–Crippen MR) is 134 cm³/mol. The van der Waals surface area contributed by atoms with Crippen LogP contribution in [0.5, 0.6) is 0 Å². The quantitative estimate of drug-likeness (QED) is 0.122. The van der Waals surface area contributed by atoms with Gasteiger partial charge in [-0.25, -0.2) is 4.79 Å². The van der Waals surface area contributed by atoms with E-state index >= 15 is 0 Å². The van der Waals surface area contributed by atoms with E-state index in [1.54, 1.807) is 0 Å². The molecular weight excluding hydrogens is 402 g/mol.